The van der Waals surface area contributed by atoms with Crippen molar-refractivity contribution in [3.8, 4) is 0 Å². The van der Waals surface area contributed by atoms with Crippen LogP contribution in [0.1, 0.15) is 39.5 Å². The summed E-state index contributed by atoms with van der Waals surface area (Å²) in [6.45, 7) is 5.33. The largest absolute Gasteiger partial charge is 0.478 e. The number of carbonyl (C=O) groups is 2. The topological polar surface area (TPSA) is 91.6 Å². The van der Waals surface area contributed by atoms with E-state index in [1.54, 1.807) is 26.0 Å². The number of furan rings is 1. The molecule has 1 unspecified atom stereocenters. The van der Waals surface area contributed by atoms with Crippen LogP contribution >= 0.6 is 11.3 Å². The van der Waals surface area contributed by atoms with Gasteiger partial charge in [0, 0.05) is 4.88 Å². The van der Waals surface area contributed by atoms with E-state index >= 15 is 0 Å². The fraction of sp³-hybridized carbons (Fsp3) is 0.286. The van der Waals surface area contributed by atoms with Crippen molar-refractivity contribution in [2.45, 2.75) is 26.8 Å². The molecule has 0 aliphatic heterocycles. The van der Waals surface area contributed by atoms with Crippen molar-refractivity contribution in [3.63, 3.8) is 0 Å². The normalized spacial score (nSPS) is 12.0. The van der Waals surface area contributed by atoms with Crippen molar-refractivity contribution in [2.24, 2.45) is 0 Å². The number of carboxylic acid groups (broad SMARTS) is 1. The van der Waals surface area contributed by atoms with Gasteiger partial charge in [0.05, 0.1) is 17.9 Å². The Labute approximate surface area is 125 Å². The number of rotatable bonds is 4. The van der Waals surface area contributed by atoms with Crippen LogP contribution in [0.5, 0.6) is 0 Å². The summed E-state index contributed by atoms with van der Waals surface area (Å²) < 4.78 is 5.20. The van der Waals surface area contributed by atoms with E-state index < -0.39 is 12.0 Å². The highest BCUT2D eigenvalue weighted by Gasteiger charge is 2.21. The molecule has 0 radical (unpaired) electrons. The summed E-state index contributed by atoms with van der Waals surface area (Å²) in [5.41, 5.74) is 0.806. The smallest absolute Gasteiger partial charge is 0.338 e. The highest BCUT2D eigenvalue weighted by molar-refractivity contribution is 7.16. The minimum atomic E-state index is -1.05. The molecule has 1 atom stereocenters. The lowest BCUT2D eigenvalue weighted by Crippen LogP contribution is -2.31. The van der Waals surface area contributed by atoms with Crippen LogP contribution in [0.25, 0.3) is 0 Å². The van der Waals surface area contributed by atoms with Crippen molar-refractivity contribution < 1.29 is 19.1 Å². The molecular formula is C14H16N2O4S. The van der Waals surface area contributed by atoms with Gasteiger partial charge in [-0.3, -0.25) is 5.32 Å². The Kier molecular flexibility index (Phi) is 4.32. The van der Waals surface area contributed by atoms with E-state index in [1.807, 2.05) is 6.92 Å². The van der Waals surface area contributed by atoms with E-state index in [1.165, 1.54) is 17.6 Å². The zero-order valence-electron chi connectivity index (χ0n) is 11.9. The number of carbonyl (C=O) groups excluding carboxylic acids is 1. The van der Waals surface area contributed by atoms with Gasteiger partial charge in [0.2, 0.25) is 0 Å². The first-order chi connectivity index (χ1) is 9.90. The van der Waals surface area contributed by atoms with E-state index in [9.17, 15) is 14.7 Å². The standard InChI is InChI=1S/C14H16N2O4S/c1-7-9(3)21-12(11(7)13(17)18)16-14(19)15-8(2)10-5-4-6-20-10/h4-6,8H,1-3H3,(H,17,18)(H2,15,16,19). The van der Waals surface area contributed by atoms with E-state index in [2.05, 4.69) is 10.6 Å². The lowest BCUT2D eigenvalue weighted by Gasteiger charge is -2.12. The Balaban J connectivity index is 2.10. The van der Waals surface area contributed by atoms with Gasteiger partial charge in [0.1, 0.15) is 10.8 Å². The molecular weight excluding hydrogens is 292 g/mol. The molecule has 2 aromatic rings. The maximum Gasteiger partial charge on any atom is 0.338 e. The molecule has 0 spiro atoms. The van der Waals surface area contributed by atoms with Gasteiger partial charge in [-0.05, 0) is 38.5 Å². The van der Waals surface area contributed by atoms with Crippen molar-refractivity contribution >= 4 is 28.3 Å². The summed E-state index contributed by atoms with van der Waals surface area (Å²) in [6, 6.07) is 2.71. The van der Waals surface area contributed by atoms with Crippen LogP contribution < -0.4 is 10.6 Å². The highest BCUT2D eigenvalue weighted by Crippen LogP contribution is 2.32. The molecule has 21 heavy (non-hydrogen) atoms. The molecule has 0 saturated heterocycles. The number of hydrogen-bond acceptors (Lipinski definition) is 4. The Hall–Kier alpha value is -2.28. The molecule has 0 bridgehead atoms. The first-order valence-electron chi connectivity index (χ1n) is 6.34. The van der Waals surface area contributed by atoms with Gasteiger partial charge >= 0.3 is 12.0 Å². The molecule has 6 nitrogen and oxygen atoms in total. The van der Waals surface area contributed by atoms with Crippen LogP contribution in [0, 0.1) is 13.8 Å². The summed E-state index contributed by atoms with van der Waals surface area (Å²) in [7, 11) is 0. The second-order valence-corrected chi connectivity index (χ2v) is 5.85. The van der Waals surface area contributed by atoms with Crippen LogP contribution in [0.15, 0.2) is 22.8 Å². The zero-order chi connectivity index (χ0) is 15.6. The highest BCUT2D eigenvalue weighted by atomic mass is 32.1. The molecule has 2 heterocycles. The zero-order valence-corrected chi connectivity index (χ0v) is 12.7. The number of hydrogen-bond donors (Lipinski definition) is 3. The molecule has 0 aliphatic carbocycles. The third-order valence-electron chi connectivity index (χ3n) is 3.14. The van der Waals surface area contributed by atoms with E-state index in [0.29, 0.717) is 16.3 Å². The van der Waals surface area contributed by atoms with Crippen molar-refractivity contribution in [1.29, 1.82) is 0 Å². The molecule has 2 rings (SSSR count). The summed E-state index contributed by atoms with van der Waals surface area (Å²) in [4.78, 5) is 24.1. The number of aromatic carboxylic acids is 1. The third kappa shape index (κ3) is 3.25. The molecule has 0 saturated carbocycles. The predicted molar refractivity (Wildman–Crippen MR) is 80.0 cm³/mol. The van der Waals surface area contributed by atoms with Gasteiger partial charge < -0.3 is 14.8 Å². The molecule has 7 heteroatoms. The van der Waals surface area contributed by atoms with Crippen LogP contribution in [-0.4, -0.2) is 17.1 Å². The maximum absolute atomic E-state index is 12.0. The number of aryl methyl sites for hydroxylation is 1. The van der Waals surface area contributed by atoms with Gasteiger partial charge in [-0.25, -0.2) is 9.59 Å². The molecule has 0 fully saturated rings. The summed E-state index contributed by atoms with van der Waals surface area (Å²) in [5.74, 6) is -0.423. The third-order valence-corrected chi connectivity index (χ3v) is 4.27. The Morgan fingerprint density at radius 2 is 2.10 bits per heavy atom. The average molecular weight is 308 g/mol. The lowest BCUT2D eigenvalue weighted by molar-refractivity contribution is 0.0697. The predicted octanol–water partition coefficient (Wildman–Crippen LogP) is 3.54. The van der Waals surface area contributed by atoms with E-state index in [4.69, 9.17) is 4.42 Å². The maximum atomic E-state index is 12.0. The minimum Gasteiger partial charge on any atom is -0.478 e. The van der Waals surface area contributed by atoms with E-state index in [-0.39, 0.29) is 11.6 Å². The molecule has 3 N–H and O–H groups in total. The number of nitrogens with one attached hydrogen (secondary N) is 2. The Morgan fingerprint density at radius 1 is 1.38 bits per heavy atom. The average Bonchev–Trinajstić information content (AvgIpc) is 2.99. The number of anilines is 1. The number of amides is 2. The summed E-state index contributed by atoms with van der Waals surface area (Å²) >= 11 is 1.25. The quantitative estimate of drug-likeness (QED) is 0.805. The number of urea groups is 1. The molecule has 0 aromatic carbocycles. The SMILES string of the molecule is Cc1sc(NC(=O)NC(C)c2ccco2)c(C(=O)O)c1C. The second kappa shape index (κ2) is 6.01. The number of thiophene rings is 1. The van der Waals surface area contributed by atoms with Gasteiger partial charge in [-0.1, -0.05) is 0 Å². The second-order valence-electron chi connectivity index (χ2n) is 4.63. The van der Waals surface area contributed by atoms with Gasteiger partial charge in [0.25, 0.3) is 0 Å². The molecule has 112 valence electrons. The Morgan fingerprint density at radius 3 is 2.67 bits per heavy atom. The van der Waals surface area contributed by atoms with Gasteiger partial charge in [-0.2, -0.15) is 0 Å². The van der Waals surface area contributed by atoms with Crippen LogP contribution in [0.2, 0.25) is 0 Å². The first-order valence-corrected chi connectivity index (χ1v) is 7.16. The summed E-state index contributed by atoms with van der Waals surface area (Å²) in [5, 5.41) is 14.8. The lowest BCUT2D eigenvalue weighted by atomic mass is 10.1. The van der Waals surface area contributed by atoms with Crippen LogP contribution in [0.3, 0.4) is 0 Å². The fourth-order valence-corrected chi connectivity index (χ4v) is 2.96. The van der Waals surface area contributed by atoms with Crippen LogP contribution in [-0.2, 0) is 0 Å². The van der Waals surface area contributed by atoms with Crippen molar-refractivity contribution in [3.05, 3.63) is 40.2 Å². The van der Waals surface area contributed by atoms with E-state index in [0.717, 1.165) is 4.88 Å². The van der Waals surface area contributed by atoms with Crippen LogP contribution in [0.4, 0.5) is 9.80 Å². The van der Waals surface area contributed by atoms with Gasteiger partial charge in [0.15, 0.2) is 0 Å². The Bertz CT molecular complexity index is 661. The molecule has 0 aliphatic rings. The van der Waals surface area contributed by atoms with Gasteiger partial charge in [-0.15, -0.1) is 11.3 Å². The summed E-state index contributed by atoms with van der Waals surface area (Å²) in [6.07, 6.45) is 1.53. The minimum absolute atomic E-state index is 0.137. The fourth-order valence-electron chi connectivity index (χ4n) is 1.92. The number of carboxylic acids is 1. The molecule has 2 amide bonds. The molecule has 2 aromatic heterocycles. The first kappa shape index (κ1) is 15.1. The van der Waals surface area contributed by atoms with Crippen molar-refractivity contribution in [1.82, 2.24) is 5.32 Å². The monoisotopic (exact) mass is 308 g/mol. The van der Waals surface area contributed by atoms with Crippen molar-refractivity contribution in [2.75, 3.05) is 5.32 Å².